The molecule has 0 spiro atoms. The van der Waals surface area contributed by atoms with Crippen LogP contribution in [0, 0.1) is 0 Å². The van der Waals surface area contributed by atoms with E-state index in [1.807, 2.05) is 42.5 Å². The Balaban J connectivity index is 1.68. The lowest BCUT2D eigenvalue weighted by atomic mass is 10.1. The van der Waals surface area contributed by atoms with Gasteiger partial charge in [-0.05, 0) is 36.1 Å². The maximum Gasteiger partial charge on any atom is 0.332 e. The van der Waals surface area contributed by atoms with Gasteiger partial charge in [0.15, 0.2) is 11.2 Å². The second-order valence-electron chi connectivity index (χ2n) is 7.48. The van der Waals surface area contributed by atoms with Gasteiger partial charge < -0.3 is 4.57 Å². The molecule has 0 amide bonds. The number of nitrogens with one attached hydrogen (secondary N) is 1. The first kappa shape index (κ1) is 21.8. The van der Waals surface area contributed by atoms with Crippen molar-refractivity contribution in [2.45, 2.75) is 19.4 Å². The summed E-state index contributed by atoms with van der Waals surface area (Å²) in [6.45, 7) is 0.551. The molecule has 0 unspecified atom stereocenters. The van der Waals surface area contributed by atoms with Crippen LogP contribution >= 0.6 is 15.9 Å². The SMILES string of the molecule is Cn1c(=O)c2c(nc(NN=Cc3ccc(Br)cc3)n2CCCc2ccccc2)n(C)c1=O. The molecule has 0 saturated carbocycles. The average molecular weight is 495 g/mol. The predicted octanol–water partition coefficient (Wildman–Crippen LogP) is 3.28. The van der Waals surface area contributed by atoms with Gasteiger partial charge in [0.05, 0.1) is 6.21 Å². The number of hydrogen-bond donors (Lipinski definition) is 1. The molecule has 2 aromatic heterocycles. The van der Waals surface area contributed by atoms with Gasteiger partial charge in [-0.1, -0.05) is 58.4 Å². The first-order chi connectivity index (χ1) is 15.5. The quantitative estimate of drug-likeness (QED) is 0.315. The van der Waals surface area contributed by atoms with E-state index in [0.29, 0.717) is 23.7 Å². The Morgan fingerprint density at radius 3 is 2.47 bits per heavy atom. The van der Waals surface area contributed by atoms with E-state index in [1.165, 1.54) is 17.2 Å². The summed E-state index contributed by atoms with van der Waals surface area (Å²) in [5.74, 6) is 0.416. The number of fused-ring (bicyclic) bond motifs is 1. The fourth-order valence-corrected chi connectivity index (χ4v) is 3.81. The zero-order valence-electron chi connectivity index (χ0n) is 17.8. The van der Waals surface area contributed by atoms with Gasteiger partial charge in [0.1, 0.15) is 0 Å². The monoisotopic (exact) mass is 494 g/mol. The van der Waals surface area contributed by atoms with Crippen molar-refractivity contribution in [1.82, 2.24) is 18.7 Å². The molecule has 0 atom stereocenters. The van der Waals surface area contributed by atoms with Crippen molar-refractivity contribution in [3.63, 3.8) is 0 Å². The summed E-state index contributed by atoms with van der Waals surface area (Å²) in [4.78, 5) is 29.8. The molecule has 4 aromatic rings. The molecule has 4 rings (SSSR count). The molecule has 0 aliphatic heterocycles. The van der Waals surface area contributed by atoms with E-state index in [1.54, 1.807) is 17.8 Å². The van der Waals surface area contributed by atoms with E-state index in [0.717, 1.165) is 27.4 Å². The van der Waals surface area contributed by atoms with Crippen LogP contribution in [-0.2, 0) is 27.1 Å². The average Bonchev–Trinajstić information content (AvgIpc) is 3.17. The summed E-state index contributed by atoms with van der Waals surface area (Å²) in [6.07, 6.45) is 3.33. The van der Waals surface area contributed by atoms with Crippen molar-refractivity contribution in [3.05, 3.63) is 91.0 Å². The standard InChI is InChI=1S/C23H23BrN6O2/c1-28-20-19(21(31)29(2)23(28)32)30(14-6-9-16-7-4-3-5-8-16)22(26-20)27-25-15-17-10-12-18(24)13-11-17/h3-5,7-8,10-13,15H,6,9,14H2,1-2H3,(H,26,27). The normalized spacial score (nSPS) is 11.5. The van der Waals surface area contributed by atoms with Gasteiger partial charge in [0, 0.05) is 25.1 Å². The van der Waals surface area contributed by atoms with Crippen molar-refractivity contribution < 1.29 is 0 Å². The number of anilines is 1. The Morgan fingerprint density at radius 2 is 1.75 bits per heavy atom. The third kappa shape index (κ3) is 4.43. The number of halogens is 1. The van der Waals surface area contributed by atoms with Crippen LogP contribution < -0.4 is 16.7 Å². The molecule has 0 radical (unpaired) electrons. The molecule has 0 aliphatic rings. The summed E-state index contributed by atoms with van der Waals surface area (Å²) in [5, 5.41) is 4.30. The van der Waals surface area contributed by atoms with Crippen LogP contribution in [0.2, 0.25) is 0 Å². The Labute approximate surface area is 193 Å². The van der Waals surface area contributed by atoms with Crippen LogP contribution in [0.1, 0.15) is 17.5 Å². The Kier molecular flexibility index (Phi) is 6.36. The molecule has 2 aromatic carbocycles. The van der Waals surface area contributed by atoms with Gasteiger partial charge in [0.2, 0.25) is 5.95 Å². The van der Waals surface area contributed by atoms with Crippen LogP contribution in [-0.4, -0.2) is 24.9 Å². The maximum absolute atomic E-state index is 12.9. The first-order valence-corrected chi connectivity index (χ1v) is 11.0. The van der Waals surface area contributed by atoms with Crippen LogP contribution in [0.3, 0.4) is 0 Å². The van der Waals surface area contributed by atoms with E-state index >= 15 is 0 Å². The molecule has 1 N–H and O–H groups in total. The summed E-state index contributed by atoms with van der Waals surface area (Å²) < 4.78 is 5.28. The molecule has 0 bridgehead atoms. The molecule has 0 fully saturated rings. The largest absolute Gasteiger partial charge is 0.332 e. The highest BCUT2D eigenvalue weighted by Crippen LogP contribution is 2.17. The van der Waals surface area contributed by atoms with E-state index in [-0.39, 0.29) is 5.56 Å². The molecule has 2 heterocycles. The Hall–Kier alpha value is -3.46. The number of aryl methyl sites for hydroxylation is 3. The number of hydrogen-bond acceptors (Lipinski definition) is 5. The molecule has 0 saturated heterocycles. The van der Waals surface area contributed by atoms with E-state index < -0.39 is 5.69 Å². The van der Waals surface area contributed by atoms with Gasteiger partial charge >= 0.3 is 5.69 Å². The lowest BCUT2D eigenvalue weighted by Gasteiger charge is -2.09. The Morgan fingerprint density at radius 1 is 1.03 bits per heavy atom. The smallest absolute Gasteiger partial charge is 0.303 e. The molecular weight excluding hydrogens is 472 g/mol. The molecular formula is C23H23BrN6O2. The van der Waals surface area contributed by atoms with E-state index in [9.17, 15) is 9.59 Å². The summed E-state index contributed by atoms with van der Waals surface area (Å²) >= 11 is 3.41. The number of benzene rings is 2. The van der Waals surface area contributed by atoms with Crippen molar-refractivity contribution in [2.24, 2.45) is 19.2 Å². The van der Waals surface area contributed by atoms with Crippen LogP contribution in [0.5, 0.6) is 0 Å². The molecule has 8 nitrogen and oxygen atoms in total. The highest BCUT2D eigenvalue weighted by atomic mass is 79.9. The topological polar surface area (TPSA) is 86.2 Å². The highest BCUT2D eigenvalue weighted by molar-refractivity contribution is 9.10. The number of aromatic nitrogens is 4. The third-order valence-electron chi connectivity index (χ3n) is 5.29. The van der Waals surface area contributed by atoms with E-state index in [4.69, 9.17) is 0 Å². The maximum atomic E-state index is 12.9. The van der Waals surface area contributed by atoms with E-state index in [2.05, 4.69) is 43.6 Å². The third-order valence-corrected chi connectivity index (χ3v) is 5.81. The number of hydrazone groups is 1. The van der Waals surface area contributed by atoms with Gasteiger partial charge in [-0.3, -0.25) is 13.9 Å². The van der Waals surface area contributed by atoms with Crippen molar-refractivity contribution in [2.75, 3.05) is 5.43 Å². The van der Waals surface area contributed by atoms with Crippen molar-refractivity contribution >= 4 is 39.3 Å². The number of nitrogens with zero attached hydrogens (tertiary/aromatic N) is 5. The van der Waals surface area contributed by atoms with Crippen molar-refractivity contribution in [3.8, 4) is 0 Å². The molecule has 32 heavy (non-hydrogen) atoms. The molecule has 164 valence electrons. The van der Waals surface area contributed by atoms with Crippen LogP contribution in [0.4, 0.5) is 5.95 Å². The highest BCUT2D eigenvalue weighted by Gasteiger charge is 2.18. The van der Waals surface area contributed by atoms with Gasteiger partial charge in [-0.15, -0.1) is 0 Å². The lowest BCUT2D eigenvalue weighted by molar-refractivity contribution is 0.651. The minimum absolute atomic E-state index is 0.333. The summed E-state index contributed by atoms with van der Waals surface area (Å²) in [7, 11) is 3.09. The lowest BCUT2D eigenvalue weighted by Crippen LogP contribution is -2.37. The summed E-state index contributed by atoms with van der Waals surface area (Å²) in [6, 6.07) is 17.9. The van der Waals surface area contributed by atoms with Crippen LogP contribution in [0.25, 0.3) is 11.2 Å². The molecule has 0 aliphatic carbocycles. The number of rotatable bonds is 7. The zero-order chi connectivity index (χ0) is 22.7. The van der Waals surface area contributed by atoms with Gasteiger partial charge in [-0.25, -0.2) is 10.2 Å². The Bertz CT molecular complexity index is 1380. The minimum atomic E-state index is -0.415. The van der Waals surface area contributed by atoms with Gasteiger partial charge in [0.25, 0.3) is 5.56 Å². The zero-order valence-corrected chi connectivity index (χ0v) is 19.4. The fourth-order valence-electron chi connectivity index (χ4n) is 3.55. The predicted molar refractivity (Wildman–Crippen MR) is 130 cm³/mol. The molecule has 9 heteroatoms. The second-order valence-corrected chi connectivity index (χ2v) is 8.39. The van der Waals surface area contributed by atoms with Crippen molar-refractivity contribution in [1.29, 1.82) is 0 Å². The summed E-state index contributed by atoms with van der Waals surface area (Å²) in [5.41, 5.74) is 5.01. The first-order valence-electron chi connectivity index (χ1n) is 10.2. The number of imidazole rings is 1. The fraction of sp³-hybridized carbons (Fsp3) is 0.217. The second kappa shape index (κ2) is 9.35. The minimum Gasteiger partial charge on any atom is -0.303 e. The van der Waals surface area contributed by atoms with Crippen LogP contribution in [0.15, 0.2) is 73.8 Å². The van der Waals surface area contributed by atoms with Gasteiger partial charge in [-0.2, -0.15) is 10.1 Å².